The number of nitrogens with one attached hydrogen (secondary N) is 3. The summed E-state index contributed by atoms with van der Waals surface area (Å²) >= 11 is 0. The maximum Gasteiger partial charge on any atom is 0.315 e. The first-order chi connectivity index (χ1) is 20.8. The molecule has 0 aromatic heterocycles. The Labute approximate surface area is 254 Å². The van der Waals surface area contributed by atoms with Gasteiger partial charge in [-0.2, -0.15) is 0 Å². The molecular weight excluding hydrogens is 538 g/mol. The smallest absolute Gasteiger partial charge is 0.315 e. The summed E-state index contributed by atoms with van der Waals surface area (Å²) in [5.74, 6) is -0.0532. The lowest BCUT2D eigenvalue weighted by molar-refractivity contribution is -0.135. The van der Waals surface area contributed by atoms with Crippen LogP contribution in [0.3, 0.4) is 0 Å². The van der Waals surface area contributed by atoms with Gasteiger partial charge in [0.1, 0.15) is 6.04 Å². The van der Waals surface area contributed by atoms with E-state index in [2.05, 4.69) is 64.5 Å². The van der Waals surface area contributed by atoms with Crippen molar-refractivity contribution in [3.05, 3.63) is 83.4 Å². The van der Waals surface area contributed by atoms with Crippen molar-refractivity contribution >= 4 is 28.6 Å². The van der Waals surface area contributed by atoms with Gasteiger partial charge < -0.3 is 25.8 Å². The quantitative estimate of drug-likeness (QED) is 0.411. The van der Waals surface area contributed by atoms with Gasteiger partial charge in [0.2, 0.25) is 11.8 Å². The molecule has 2 fully saturated rings. The molecule has 2 heterocycles. The van der Waals surface area contributed by atoms with Crippen LogP contribution in [0.25, 0.3) is 10.8 Å². The van der Waals surface area contributed by atoms with Gasteiger partial charge in [-0.3, -0.25) is 9.59 Å². The molecule has 226 valence electrons. The van der Waals surface area contributed by atoms with E-state index in [4.69, 9.17) is 0 Å². The summed E-state index contributed by atoms with van der Waals surface area (Å²) < 4.78 is 0. The average molecular weight is 582 g/mol. The Bertz CT molecular complexity index is 1490. The second-order valence-electron chi connectivity index (χ2n) is 12.8. The van der Waals surface area contributed by atoms with Crippen LogP contribution < -0.4 is 16.0 Å². The van der Waals surface area contributed by atoms with E-state index < -0.39 is 6.04 Å². The predicted octanol–water partition coefficient (Wildman–Crippen LogP) is 3.94. The summed E-state index contributed by atoms with van der Waals surface area (Å²) in [6, 6.07) is 21.9. The monoisotopic (exact) mass is 581 g/mol. The first-order valence-corrected chi connectivity index (χ1v) is 15.7. The van der Waals surface area contributed by atoms with Crippen LogP contribution in [-0.2, 0) is 21.4 Å². The van der Waals surface area contributed by atoms with Crippen LogP contribution in [0, 0.1) is 0 Å². The largest absolute Gasteiger partial charge is 0.348 e. The molecule has 3 aromatic rings. The van der Waals surface area contributed by atoms with Gasteiger partial charge in [0.15, 0.2) is 0 Å². The molecule has 3 N–H and O–H groups in total. The molecule has 6 rings (SSSR count). The Hall–Kier alpha value is -3.91. The standard InChI is InChI=1S/C35H43N5O3/c1-39(2)32(41)29-22-35(30-12-6-5-11-28(29)30)15-18-40(19-16-35)33(42)31(38-34(43)37-27-10-7-17-36-23-27)21-24-13-14-25-8-3-4-9-26(25)20-24/h3-6,8-9,11-14,20,27,29,31,36H,7,10,15-19,21-23H2,1-2H3,(H2,37,38,43)/t27-,29-,31-/m1/s1. The van der Waals surface area contributed by atoms with E-state index in [1.165, 1.54) is 5.56 Å². The van der Waals surface area contributed by atoms with Crippen molar-refractivity contribution in [3.63, 3.8) is 0 Å². The number of amides is 4. The van der Waals surface area contributed by atoms with Gasteiger partial charge in [-0.1, -0.05) is 66.7 Å². The van der Waals surface area contributed by atoms with Gasteiger partial charge in [0, 0.05) is 51.6 Å². The van der Waals surface area contributed by atoms with Crippen molar-refractivity contribution in [2.24, 2.45) is 0 Å². The number of fused-ring (bicyclic) bond motifs is 3. The van der Waals surface area contributed by atoms with Gasteiger partial charge in [0.05, 0.1) is 5.92 Å². The van der Waals surface area contributed by atoms with Crippen LogP contribution in [0.5, 0.6) is 0 Å². The van der Waals surface area contributed by atoms with E-state index in [0.29, 0.717) is 19.5 Å². The zero-order valence-electron chi connectivity index (χ0n) is 25.3. The van der Waals surface area contributed by atoms with Crippen molar-refractivity contribution in [3.8, 4) is 0 Å². The Balaban J connectivity index is 1.19. The topological polar surface area (TPSA) is 93.8 Å². The zero-order valence-corrected chi connectivity index (χ0v) is 25.3. The van der Waals surface area contributed by atoms with Crippen LogP contribution in [0.15, 0.2) is 66.7 Å². The molecule has 8 heteroatoms. The van der Waals surface area contributed by atoms with Gasteiger partial charge in [-0.15, -0.1) is 0 Å². The maximum atomic E-state index is 14.1. The Morgan fingerprint density at radius 3 is 2.49 bits per heavy atom. The molecule has 4 amide bonds. The van der Waals surface area contributed by atoms with Crippen molar-refractivity contribution in [1.29, 1.82) is 0 Å². The normalized spacial score (nSPS) is 21.7. The molecule has 1 aliphatic carbocycles. The van der Waals surface area contributed by atoms with Crippen LogP contribution in [0.2, 0.25) is 0 Å². The van der Waals surface area contributed by atoms with Crippen LogP contribution in [0.4, 0.5) is 4.79 Å². The highest BCUT2D eigenvalue weighted by atomic mass is 16.2. The fraction of sp³-hybridized carbons (Fsp3) is 0.457. The fourth-order valence-corrected chi connectivity index (χ4v) is 7.44. The van der Waals surface area contributed by atoms with Gasteiger partial charge in [0.25, 0.3) is 0 Å². The second-order valence-corrected chi connectivity index (χ2v) is 12.8. The Kier molecular flexibility index (Phi) is 8.39. The van der Waals surface area contributed by atoms with E-state index >= 15 is 0 Å². The van der Waals surface area contributed by atoms with Crippen LogP contribution in [-0.4, -0.2) is 80.0 Å². The fourth-order valence-electron chi connectivity index (χ4n) is 7.44. The first kappa shape index (κ1) is 29.2. The van der Waals surface area contributed by atoms with Gasteiger partial charge in [-0.05, 0) is 66.1 Å². The first-order valence-electron chi connectivity index (χ1n) is 15.7. The Morgan fingerprint density at radius 1 is 1.00 bits per heavy atom. The summed E-state index contributed by atoms with van der Waals surface area (Å²) in [7, 11) is 3.64. The molecule has 2 aliphatic heterocycles. The molecule has 8 nitrogen and oxygen atoms in total. The minimum Gasteiger partial charge on any atom is -0.348 e. The molecule has 0 radical (unpaired) electrons. The minimum absolute atomic E-state index is 0.0490. The molecule has 2 saturated heterocycles. The molecule has 0 saturated carbocycles. The van der Waals surface area contributed by atoms with E-state index in [-0.39, 0.29) is 35.2 Å². The van der Waals surface area contributed by atoms with Gasteiger partial charge in [-0.25, -0.2) is 4.79 Å². The molecule has 0 bridgehead atoms. The lowest BCUT2D eigenvalue weighted by Gasteiger charge is -2.41. The average Bonchev–Trinajstić information content (AvgIpc) is 3.34. The molecular formula is C35H43N5O3. The van der Waals surface area contributed by atoms with Crippen LogP contribution in [0.1, 0.15) is 54.7 Å². The van der Waals surface area contributed by atoms with Crippen molar-refractivity contribution in [1.82, 2.24) is 25.8 Å². The summed E-state index contributed by atoms with van der Waals surface area (Å²) in [6.45, 7) is 2.90. The highest BCUT2D eigenvalue weighted by Gasteiger charge is 2.48. The number of benzene rings is 3. The third-order valence-electron chi connectivity index (χ3n) is 9.76. The van der Waals surface area contributed by atoms with Crippen molar-refractivity contribution < 1.29 is 14.4 Å². The summed E-state index contributed by atoms with van der Waals surface area (Å²) in [6.07, 6.45) is 4.75. The highest BCUT2D eigenvalue weighted by molar-refractivity contribution is 5.89. The summed E-state index contributed by atoms with van der Waals surface area (Å²) in [5, 5.41) is 11.7. The number of likely N-dealkylation sites (tertiary alicyclic amines) is 1. The predicted molar refractivity (Wildman–Crippen MR) is 169 cm³/mol. The van der Waals surface area contributed by atoms with E-state index in [1.807, 2.05) is 37.2 Å². The molecule has 1 spiro atoms. The minimum atomic E-state index is -0.675. The SMILES string of the molecule is CN(C)C(=O)[C@@H]1CC2(CCN(C(=O)[C@@H](Cc3ccc4ccccc4c3)NC(=O)N[C@@H]3CCCNC3)CC2)c2ccccc21. The Morgan fingerprint density at radius 2 is 1.74 bits per heavy atom. The van der Waals surface area contributed by atoms with Crippen molar-refractivity contribution in [2.75, 3.05) is 40.3 Å². The number of hydrogen-bond acceptors (Lipinski definition) is 4. The van der Waals surface area contributed by atoms with Crippen molar-refractivity contribution in [2.45, 2.75) is 61.9 Å². The number of piperidine rings is 2. The molecule has 0 unspecified atom stereocenters. The zero-order chi connectivity index (χ0) is 30.0. The number of carbonyl (C=O) groups excluding carboxylic acids is 3. The number of rotatable bonds is 6. The third-order valence-corrected chi connectivity index (χ3v) is 9.76. The molecule has 3 aromatic carbocycles. The van der Waals surface area contributed by atoms with Crippen LogP contribution >= 0.6 is 0 Å². The third kappa shape index (κ3) is 6.11. The number of hydrogen-bond donors (Lipinski definition) is 3. The number of carbonyl (C=O) groups is 3. The molecule has 43 heavy (non-hydrogen) atoms. The maximum absolute atomic E-state index is 14.1. The van der Waals surface area contributed by atoms with E-state index in [0.717, 1.165) is 67.1 Å². The highest BCUT2D eigenvalue weighted by Crippen LogP contribution is 2.52. The number of urea groups is 1. The van der Waals surface area contributed by atoms with Gasteiger partial charge >= 0.3 is 6.03 Å². The summed E-state index contributed by atoms with van der Waals surface area (Å²) in [4.78, 5) is 44.0. The molecule has 3 aliphatic rings. The van der Waals surface area contributed by atoms with E-state index in [1.54, 1.807) is 4.90 Å². The lowest BCUT2D eigenvalue weighted by Crippen LogP contribution is -2.57. The van der Waals surface area contributed by atoms with E-state index in [9.17, 15) is 14.4 Å². The second kappa shape index (κ2) is 12.4. The number of nitrogens with zero attached hydrogens (tertiary/aromatic N) is 2. The number of likely N-dealkylation sites (N-methyl/N-ethyl adjacent to an activating group) is 1. The summed E-state index contributed by atoms with van der Waals surface area (Å²) in [5.41, 5.74) is 3.29. The lowest BCUT2D eigenvalue weighted by atomic mass is 9.73. The molecule has 3 atom stereocenters.